The van der Waals surface area contributed by atoms with Crippen molar-refractivity contribution in [3.8, 4) is 0 Å². The van der Waals surface area contributed by atoms with Gasteiger partial charge in [0.05, 0.1) is 35.9 Å². The van der Waals surface area contributed by atoms with Gasteiger partial charge in [-0.15, -0.1) is 0 Å². The summed E-state index contributed by atoms with van der Waals surface area (Å²) in [5, 5.41) is 11.8. The topological polar surface area (TPSA) is 62.2 Å². The van der Waals surface area contributed by atoms with Crippen molar-refractivity contribution in [1.29, 1.82) is 0 Å². The van der Waals surface area contributed by atoms with Gasteiger partial charge >= 0.3 is 6.18 Å². The molecule has 190 valence electrons. The van der Waals surface area contributed by atoms with E-state index in [0.717, 1.165) is 50.9 Å². The van der Waals surface area contributed by atoms with Gasteiger partial charge in [-0.05, 0) is 49.9 Å². The number of nitrogens with one attached hydrogen (secondary N) is 2. The van der Waals surface area contributed by atoms with Gasteiger partial charge in [0.1, 0.15) is 0 Å². The Morgan fingerprint density at radius 1 is 1.03 bits per heavy atom. The first-order valence-corrected chi connectivity index (χ1v) is 12.3. The van der Waals surface area contributed by atoms with E-state index < -0.39 is 17.6 Å². The minimum atomic E-state index is -4.48. The highest BCUT2D eigenvalue weighted by Crippen LogP contribution is 2.34. The third-order valence-corrected chi connectivity index (χ3v) is 7.27. The van der Waals surface area contributed by atoms with Crippen molar-refractivity contribution < 1.29 is 18.0 Å². The molecule has 1 amide bonds. The molecule has 1 aliphatic carbocycles. The maximum Gasteiger partial charge on any atom is 0.416 e. The Kier molecular flexibility index (Phi) is 6.75. The molecule has 1 saturated heterocycles. The van der Waals surface area contributed by atoms with Crippen LogP contribution in [0.15, 0.2) is 67.0 Å². The Labute approximate surface area is 208 Å². The van der Waals surface area contributed by atoms with Crippen LogP contribution in [0.1, 0.15) is 47.6 Å². The molecule has 6 nitrogen and oxygen atoms in total. The van der Waals surface area contributed by atoms with Gasteiger partial charge in [-0.3, -0.25) is 14.4 Å². The number of fused-ring (bicyclic) bond motifs is 1. The van der Waals surface area contributed by atoms with Crippen LogP contribution < -0.4 is 10.6 Å². The number of carbonyl (C=O) groups excluding carboxylic acids is 1. The van der Waals surface area contributed by atoms with E-state index in [-0.39, 0.29) is 18.2 Å². The van der Waals surface area contributed by atoms with Crippen molar-refractivity contribution in [1.82, 2.24) is 25.3 Å². The molecule has 9 heteroatoms. The van der Waals surface area contributed by atoms with Crippen molar-refractivity contribution >= 4 is 16.8 Å². The van der Waals surface area contributed by atoms with Gasteiger partial charge in [0.2, 0.25) is 0 Å². The van der Waals surface area contributed by atoms with Crippen LogP contribution in [0.4, 0.5) is 13.2 Å². The zero-order valence-corrected chi connectivity index (χ0v) is 20.0. The van der Waals surface area contributed by atoms with Gasteiger partial charge in [0.25, 0.3) is 5.91 Å². The van der Waals surface area contributed by atoms with E-state index in [2.05, 4.69) is 50.1 Å². The van der Waals surface area contributed by atoms with E-state index >= 15 is 0 Å². The summed E-state index contributed by atoms with van der Waals surface area (Å²) in [6.07, 6.45) is 1.96. The zero-order chi connectivity index (χ0) is 25.3. The lowest BCUT2D eigenvalue weighted by molar-refractivity contribution is -0.137. The number of benzene rings is 2. The van der Waals surface area contributed by atoms with Gasteiger partial charge in [-0.2, -0.15) is 18.3 Å². The Bertz CT molecular complexity index is 1240. The molecule has 0 unspecified atom stereocenters. The molecule has 2 fully saturated rings. The maximum absolute atomic E-state index is 12.9. The van der Waals surface area contributed by atoms with Crippen LogP contribution in [-0.4, -0.2) is 52.3 Å². The van der Waals surface area contributed by atoms with Gasteiger partial charge in [-0.25, -0.2) is 0 Å². The fraction of sp³-hybridized carbons (Fsp3) is 0.407. The number of nitrogens with zero attached hydrogens (tertiary/aromatic N) is 3. The monoisotopic (exact) mass is 497 g/mol. The first kappa shape index (κ1) is 24.4. The smallest absolute Gasteiger partial charge is 0.382 e. The minimum Gasteiger partial charge on any atom is -0.382 e. The van der Waals surface area contributed by atoms with Crippen molar-refractivity contribution in [3.05, 3.63) is 78.1 Å². The second-order valence-electron chi connectivity index (χ2n) is 9.77. The van der Waals surface area contributed by atoms with Crippen LogP contribution in [0.2, 0.25) is 0 Å². The molecule has 2 N–H and O–H groups in total. The van der Waals surface area contributed by atoms with Crippen LogP contribution in [0, 0.1) is 0 Å². The highest BCUT2D eigenvalue weighted by atomic mass is 19.4. The van der Waals surface area contributed by atoms with E-state index in [4.69, 9.17) is 0 Å². The molecule has 3 aromatic rings. The van der Waals surface area contributed by atoms with Crippen LogP contribution in [0.5, 0.6) is 0 Å². The summed E-state index contributed by atoms with van der Waals surface area (Å²) in [7, 11) is 0. The average molecular weight is 498 g/mol. The van der Waals surface area contributed by atoms with E-state index in [9.17, 15) is 18.0 Å². The summed E-state index contributed by atoms with van der Waals surface area (Å²) in [5.41, 5.74) is 0.988. The molecule has 1 aliphatic heterocycles. The van der Waals surface area contributed by atoms with Gasteiger partial charge < -0.3 is 10.6 Å². The summed E-state index contributed by atoms with van der Waals surface area (Å²) in [6, 6.07) is 14.0. The molecule has 1 aromatic heterocycles. The lowest BCUT2D eigenvalue weighted by atomic mass is 9.88. The lowest BCUT2D eigenvalue weighted by Crippen LogP contribution is -2.61. The number of hydrogen-bond acceptors (Lipinski definition) is 4. The molecule has 2 aliphatic rings. The summed E-state index contributed by atoms with van der Waals surface area (Å²) in [5.74, 6) is -0.555. The lowest BCUT2D eigenvalue weighted by Gasteiger charge is -2.47. The molecule has 0 atom stereocenters. The largest absolute Gasteiger partial charge is 0.416 e. The first-order chi connectivity index (χ1) is 17.3. The number of amides is 1. The molecular weight excluding hydrogens is 467 g/mol. The molecular formula is C27H30F3N5O. The number of carbonyl (C=O) groups is 1. The fourth-order valence-corrected chi connectivity index (χ4v) is 5.32. The van der Waals surface area contributed by atoms with Crippen molar-refractivity contribution in [2.45, 2.75) is 50.0 Å². The quantitative estimate of drug-likeness (QED) is 0.494. The van der Waals surface area contributed by atoms with E-state index in [1.54, 1.807) is 0 Å². The Morgan fingerprint density at radius 3 is 2.50 bits per heavy atom. The van der Waals surface area contributed by atoms with E-state index in [1.165, 1.54) is 23.0 Å². The summed E-state index contributed by atoms with van der Waals surface area (Å²) in [4.78, 5) is 14.8. The predicted molar refractivity (Wildman–Crippen MR) is 132 cm³/mol. The van der Waals surface area contributed by atoms with Crippen LogP contribution in [-0.2, 0) is 6.18 Å². The van der Waals surface area contributed by atoms with Crippen LogP contribution in [0.3, 0.4) is 0 Å². The van der Waals surface area contributed by atoms with E-state index in [0.29, 0.717) is 17.8 Å². The molecule has 0 radical (unpaired) electrons. The fourth-order valence-electron chi connectivity index (χ4n) is 5.32. The first-order valence-electron chi connectivity index (χ1n) is 12.3. The third kappa shape index (κ3) is 5.26. The van der Waals surface area contributed by atoms with Crippen molar-refractivity contribution in [3.63, 3.8) is 0 Å². The highest BCUT2D eigenvalue weighted by Gasteiger charge is 2.35. The highest BCUT2D eigenvalue weighted by molar-refractivity contribution is 5.94. The second-order valence-corrected chi connectivity index (χ2v) is 9.77. The second kappa shape index (κ2) is 9.97. The Hall–Kier alpha value is -3.33. The summed E-state index contributed by atoms with van der Waals surface area (Å²) >= 11 is 0. The van der Waals surface area contributed by atoms with Crippen LogP contribution >= 0.6 is 0 Å². The number of alkyl halides is 3. The van der Waals surface area contributed by atoms with Crippen molar-refractivity contribution in [2.24, 2.45) is 0 Å². The summed E-state index contributed by atoms with van der Waals surface area (Å²) in [6.45, 7) is 5.96. The average Bonchev–Trinajstić information content (AvgIpc) is 3.28. The standard InChI is InChI=1S/C27H30F3N5O/c1-18(14-31-26(36)19-6-4-7-21(13-19)27(28,29)30)33-22-16-34(17-22)23-9-11-24(12-10-23)35-25-8-3-2-5-20(25)15-32-35/h2-8,13,15,22-24,33H,1,9-12,14,16-17H2,(H,31,36)/t23-,24+. The molecule has 0 bridgehead atoms. The van der Waals surface area contributed by atoms with Gasteiger partial charge in [-0.1, -0.05) is 30.8 Å². The molecule has 2 heterocycles. The molecule has 0 spiro atoms. The molecule has 1 saturated carbocycles. The normalized spacial score (nSPS) is 21.2. The maximum atomic E-state index is 12.9. The number of rotatable bonds is 7. The van der Waals surface area contributed by atoms with Crippen LogP contribution in [0.25, 0.3) is 10.9 Å². The van der Waals surface area contributed by atoms with E-state index in [1.807, 2.05) is 12.3 Å². The summed E-state index contributed by atoms with van der Waals surface area (Å²) < 4.78 is 40.8. The third-order valence-electron chi connectivity index (χ3n) is 7.27. The number of likely N-dealkylation sites (tertiary alicyclic amines) is 1. The number of para-hydroxylation sites is 1. The number of hydrogen-bond donors (Lipinski definition) is 2. The Balaban J connectivity index is 1.03. The SMILES string of the molecule is C=C(CNC(=O)c1cccc(C(F)(F)F)c1)NC1CN([C@H]2CC[C@@H](n3ncc4ccccc43)CC2)C1. The molecule has 5 rings (SSSR count). The number of aromatic nitrogens is 2. The molecule has 36 heavy (non-hydrogen) atoms. The van der Waals surface area contributed by atoms with Crippen molar-refractivity contribution in [2.75, 3.05) is 19.6 Å². The van der Waals surface area contributed by atoms with Gasteiger partial charge in [0, 0.05) is 35.8 Å². The molecule has 2 aromatic carbocycles. The zero-order valence-electron chi connectivity index (χ0n) is 20.0. The minimum absolute atomic E-state index is 0.0221. The number of halogens is 3. The Morgan fingerprint density at radius 2 is 1.75 bits per heavy atom. The van der Waals surface area contributed by atoms with Gasteiger partial charge in [0.15, 0.2) is 0 Å². The predicted octanol–water partition coefficient (Wildman–Crippen LogP) is 4.76.